The number of amides is 1. The monoisotopic (exact) mass is 252 g/mol. The smallest absolute Gasteiger partial charge is 0.234 e. The molecule has 2 fully saturated rings. The largest absolute Gasteiger partial charge is 0.352 e. The molecule has 1 amide bonds. The maximum atomic E-state index is 11.7. The first-order valence-electron chi connectivity index (χ1n) is 7.49. The van der Waals surface area contributed by atoms with Gasteiger partial charge in [0, 0.05) is 12.1 Å². The van der Waals surface area contributed by atoms with Crippen molar-refractivity contribution >= 4 is 5.91 Å². The normalized spacial score (nSPS) is 29.1. The van der Waals surface area contributed by atoms with E-state index in [4.69, 9.17) is 0 Å². The first-order valence-corrected chi connectivity index (χ1v) is 7.49. The highest BCUT2D eigenvalue weighted by atomic mass is 16.2. The summed E-state index contributed by atoms with van der Waals surface area (Å²) >= 11 is 0. The fraction of sp³-hybridized carbons (Fsp3) is 0.933. The third-order valence-electron chi connectivity index (χ3n) is 4.35. The molecule has 3 nitrogen and oxygen atoms in total. The minimum atomic E-state index is 0.177. The molecule has 0 aromatic rings. The summed E-state index contributed by atoms with van der Waals surface area (Å²) in [6.45, 7) is 7.46. The zero-order valence-corrected chi connectivity index (χ0v) is 12.1. The van der Waals surface area contributed by atoms with Crippen LogP contribution in [0.4, 0.5) is 0 Å². The Bertz CT molecular complexity index is 291. The van der Waals surface area contributed by atoms with Gasteiger partial charge < -0.3 is 10.6 Å². The van der Waals surface area contributed by atoms with Crippen LogP contribution >= 0.6 is 0 Å². The minimum absolute atomic E-state index is 0.177. The molecule has 0 heterocycles. The predicted octanol–water partition coefficient (Wildman–Crippen LogP) is 2.46. The summed E-state index contributed by atoms with van der Waals surface area (Å²) in [6.07, 6.45) is 7.49. The molecule has 0 spiro atoms. The summed E-state index contributed by atoms with van der Waals surface area (Å²) in [7, 11) is 0. The SMILES string of the molecule is CC(C)(C)C1CCCCC1NCC(=O)NC1CC1. The molecule has 3 heteroatoms. The molecule has 0 aromatic carbocycles. The van der Waals surface area contributed by atoms with Crippen LogP contribution in [0.5, 0.6) is 0 Å². The Kier molecular flexibility index (Phi) is 4.31. The standard InChI is InChI=1S/C15H28N2O/c1-15(2,3)12-6-4-5-7-13(12)16-10-14(18)17-11-8-9-11/h11-13,16H,4-10H2,1-3H3,(H,17,18). The van der Waals surface area contributed by atoms with Gasteiger partial charge in [0.1, 0.15) is 0 Å². The fourth-order valence-electron chi connectivity index (χ4n) is 3.14. The van der Waals surface area contributed by atoms with E-state index in [-0.39, 0.29) is 5.91 Å². The van der Waals surface area contributed by atoms with Gasteiger partial charge in [0.25, 0.3) is 0 Å². The van der Waals surface area contributed by atoms with Crippen LogP contribution in [-0.4, -0.2) is 24.5 Å². The van der Waals surface area contributed by atoms with E-state index < -0.39 is 0 Å². The highest BCUT2D eigenvalue weighted by Crippen LogP contribution is 2.37. The van der Waals surface area contributed by atoms with Crippen LogP contribution in [0.25, 0.3) is 0 Å². The Labute approximate surface area is 111 Å². The van der Waals surface area contributed by atoms with E-state index in [0.29, 0.717) is 30.0 Å². The van der Waals surface area contributed by atoms with Gasteiger partial charge in [-0.2, -0.15) is 0 Å². The zero-order chi connectivity index (χ0) is 13.2. The fourth-order valence-corrected chi connectivity index (χ4v) is 3.14. The summed E-state index contributed by atoms with van der Waals surface area (Å²) in [6, 6.07) is 0.993. The van der Waals surface area contributed by atoms with Crippen LogP contribution in [0.3, 0.4) is 0 Å². The summed E-state index contributed by atoms with van der Waals surface area (Å²) in [4.78, 5) is 11.7. The molecule has 0 aromatic heterocycles. The van der Waals surface area contributed by atoms with Gasteiger partial charge in [-0.25, -0.2) is 0 Å². The third-order valence-corrected chi connectivity index (χ3v) is 4.35. The molecule has 104 valence electrons. The second-order valence-electron chi connectivity index (χ2n) is 7.09. The van der Waals surface area contributed by atoms with Crippen LogP contribution in [-0.2, 0) is 4.79 Å². The molecular weight excluding hydrogens is 224 g/mol. The molecule has 2 aliphatic carbocycles. The lowest BCUT2D eigenvalue weighted by atomic mass is 9.69. The van der Waals surface area contributed by atoms with Crippen molar-refractivity contribution in [2.24, 2.45) is 11.3 Å². The van der Waals surface area contributed by atoms with Gasteiger partial charge in [-0.15, -0.1) is 0 Å². The average molecular weight is 252 g/mol. The quantitative estimate of drug-likeness (QED) is 0.807. The molecular formula is C15H28N2O. The number of rotatable bonds is 4. The van der Waals surface area contributed by atoms with Gasteiger partial charge in [-0.1, -0.05) is 33.6 Å². The average Bonchev–Trinajstić information content (AvgIpc) is 3.09. The Morgan fingerprint density at radius 3 is 2.39 bits per heavy atom. The molecule has 2 unspecified atom stereocenters. The summed E-state index contributed by atoms with van der Waals surface area (Å²) in [5.74, 6) is 0.871. The summed E-state index contributed by atoms with van der Waals surface area (Å²) in [5.41, 5.74) is 0.338. The van der Waals surface area contributed by atoms with Crippen LogP contribution in [0.1, 0.15) is 59.3 Å². The molecule has 0 radical (unpaired) electrons. The van der Waals surface area contributed by atoms with E-state index in [1.807, 2.05) is 0 Å². The second kappa shape index (κ2) is 5.60. The first kappa shape index (κ1) is 13.9. The van der Waals surface area contributed by atoms with Crippen molar-refractivity contribution in [3.05, 3.63) is 0 Å². The molecule has 2 rings (SSSR count). The van der Waals surface area contributed by atoms with Crippen LogP contribution in [0, 0.1) is 11.3 Å². The number of carbonyl (C=O) groups is 1. The van der Waals surface area contributed by atoms with Gasteiger partial charge in [0.15, 0.2) is 0 Å². The molecule has 0 bridgehead atoms. The number of hydrogen-bond donors (Lipinski definition) is 2. The van der Waals surface area contributed by atoms with E-state index in [2.05, 4.69) is 31.4 Å². The highest BCUT2D eigenvalue weighted by molar-refractivity contribution is 5.78. The van der Waals surface area contributed by atoms with Gasteiger partial charge >= 0.3 is 0 Å². The maximum Gasteiger partial charge on any atom is 0.234 e. The predicted molar refractivity (Wildman–Crippen MR) is 74.4 cm³/mol. The lowest BCUT2D eigenvalue weighted by molar-refractivity contribution is -0.120. The summed E-state index contributed by atoms with van der Waals surface area (Å²) in [5, 5.41) is 6.54. The minimum Gasteiger partial charge on any atom is -0.352 e. The van der Waals surface area contributed by atoms with Crippen molar-refractivity contribution in [1.29, 1.82) is 0 Å². The van der Waals surface area contributed by atoms with Gasteiger partial charge in [0.2, 0.25) is 5.91 Å². The van der Waals surface area contributed by atoms with Gasteiger partial charge in [0.05, 0.1) is 6.54 Å². The Balaban J connectivity index is 1.79. The van der Waals surface area contributed by atoms with Crippen molar-refractivity contribution in [3.8, 4) is 0 Å². The van der Waals surface area contributed by atoms with Gasteiger partial charge in [-0.05, 0) is 37.0 Å². The van der Waals surface area contributed by atoms with Crippen molar-refractivity contribution in [2.75, 3.05) is 6.54 Å². The molecule has 18 heavy (non-hydrogen) atoms. The summed E-state index contributed by atoms with van der Waals surface area (Å²) < 4.78 is 0. The van der Waals surface area contributed by atoms with Crippen LogP contribution in [0.15, 0.2) is 0 Å². The lowest BCUT2D eigenvalue weighted by Crippen LogP contribution is -2.47. The highest BCUT2D eigenvalue weighted by Gasteiger charge is 2.34. The Morgan fingerprint density at radius 2 is 1.78 bits per heavy atom. The molecule has 2 aliphatic rings. The maximum absolute atomic E-state index is 11.7. The number of nitrogens with one attached hydrogen (secondary N) is 2. The van der Waals surface area contributed by atoms with Crippen molar-refractivity contribution in [1.82, 2.24) is 10.6 Å². The third kappa shape index (κ3) is 3.98. The van der Waals surface area contributed by atoms with Crippen molar-refractivity contribution in [3.63, 3.8) is 0 Å². The van der Waals surface area contributed by atoms with Crippen LogP contribution in [0.2, 0.25) is 0 Å². The van der Waals surface area contributed by atoms with E-state index in [9.17, 15) is 4.79 Å². The molecule has 2 atom stereocenters. The van der Waals surface area contributed by atoms with E-state index >= 15 is 0 Å². The van der Waals surface area contributed by atoms with E-state index in [1.165, 1.54) is 38.5 Å². The van der Waals surface area contributed by atoms with Crippen LogP contribution < -0.4 is 10.6 Å². The Hall–Kier alpha value is -0.570. The van der Waals surface area contributed by atoms with E-state index in [1.54, 1.807) is 0 Å². The molecule has 0 saturated heterocycles. The first-order chi connectivity index (χ1) is 8.47. The van der Waals surface area contributed by atoms with E-state index in [0.717, 1.165) is 0 Å². The molecule has 0 aliphatic heterocycles. The molecule has 2 saturated carbocycles. The Morgan fingerprint density at radius 1 is 1.11 bits per heavy atom. The molecule has 2 N–H and O–H groups in total. The van der Waals surface area contributed by atoms with Crippen molar-refractivity contribution < 1.29 is 4.79 Å². The zero-order valence-electron chi connectivity index (χ0n) is 12.1. The number of hydrogen-bond acceptors (Lipinski definition) is 2. The number of carbonyl (C=O) groups excluding carboxylic acids is 1. The second-order valence-corrected chi connectivity index (χ2v) is 7.09. The van der Waals surface area contributed by atoms with Crippen molar-refractivity contribution in [2.45, 2.75) is 71.4 Å². The lowest BCUT2D eigenvalue weighted by Gasteiger charge is -2.40. The van der Waals surface area contributed by atoms with Gasteiger partial charge in [-0.3, -0.25) is 4.79 Å². The topological polar surface area (TPSA) is 41.1 Å².